The summed E-state index contributed by atoms with van der Waals surface area (Å²) in [6.45, 7) is 2.08. The Hall–Kier alpha value is -3.23. The highest BCUT2D eigenvalue weighted by molar-refractivity contribution is 5.98. The second-order valence-corrected chi connectivity index (χ2v) is 8.20. The van der Waals surface area contributed by atoms with Crippen molar-refractivity contribution in [3.05, 3.63) is 42.4 Å². The van der Waals surface area contributed by atoms with Gasteiger partial charge in [-0.3, -0.25) is 9.59 Å². The zero-order valence-corrected chi connectivity index (χ0v) is 16.8. The molecule has 0 spiro atoms. The summed E-state index contributed by atoms with van der Waals surface area (Å²) in [7, 11) is 0. The molecule has 0 atom stereocenters. The lowest BCUT2D eigenvalue weighted by molar-refractivity contribution is -0.145. The normalized spacial score (nSPS) is 19.2. The van der Waals surface area contributed by atoms with Crippen LogP contribution in [0.3, 0.4) is 0 Å². The number of piperazine rings is 1. The number of hydrogen-bond acceptors (Lipinski definition) is 5. The fraction of sp³-hybridized carbons (Fsp3) is 0.476. The summed E-state index contributed by atoms with van der Waals surface area (Å²) in [4.78, 5) is 33.4. The summed E-state index contributed by atoms with van der Waals surface area (Å²) in [5.74, 6) is 0.0540. The van der Waals surface area contributed by atoms with Crippen LogP contribution in [-0.2, 0) is 10.3 Å². The van der Waals surface area contributed by atoms with Crippen molar-refractivity contribution in [2.24, 2.45) is 0 Å². The van der Waals surface area contributed by atoms with Crippen molar-refractivity contribution in [2.45, 2.75) is 37.6 Å². The van der Waals surface area contributed by atoms with Crippen molar-refractivity contribution < 1.29 is 9.59 Å². The Morgan fingerprint density at radius 3 is 2.40 bits per heavy atom. The second kappa shape index (κ2) is 7.55. The van der Waals surface area contributed by atoms with Crippen molar-refractivity contribution in [3.63, 3.8) is 0 Å². The number of hydrogen-bond donors (Lipinski definition) is 1. The molecule has 1 aliphatic carbocycles. The van der Waals surface area contributed by atoms with Gasteiger partial charge < -0.3 is 14.8 Å². The van der Waals surface area contributed by atoms with Crippen molar-refractivity contribution >= 4 is 22.7 Å². The summed E-state index contributed by atoms with van der Waals surface area (Å²) in [6, 6.07) is 9.75. The minimum Gasteiger partial charge on any atom is -0.351 e. The monoisotopic (exact) mass is 407 g/mol. The van der Waals surface area contributed by atoms with Gasteiger partial charge in [-0.05, 0) is 35.4 Å². The van der Waals surface area contributed by atoms with E-state index < -0.39 is 5.54 Å². The van der Waals surface area contributed by atoms with Gasteiger partial charge in [0.05, 0.1) is 0 Å². The first kappa shape index (κ1) is 18.8. The number of aromatic nitrogens is 5. The fourth-order valence-corrected chi connectivity index (χ4v) is 4.80. The summed E-state index contributed by atoms with van der Waals surface area (Å²) in [5.41, 5.74) is 0.856. The number of carbonyl (C=O) groups is 2. The zero-order valence-electron chi connectivity index (χ0n) is 16.8. The second-order valence-electron chi connectivity index (χ2n) is 8.20. The van der Waals surface area contributed by atoms with E-state index in [9.17, 15) is 9.59 Å². The van der Waals surface area contributed by atoms with E-state index in [1.54, 1.807) is 11.0 Å². The highest BCUT2D eigenvalue weighted by atomic mass is 16.2. The maximum Gasteiger partial charge on any atom is 0.270 e. The molecule has 1 N–H and O–H groups in total. The molecule has 9 heteroatoms. The Morgan fingerprint density at radius 2 is 1.70 bits per heavy atom. The van der Waals surface area contributed by atoms with Crippen LogP contribution in [0.2, 0.25) is 0 Å². The predicted octanol–water partition coefficient (Wildman–Crippen LogP) is 1.80. The molecule has 3 heterocycles. The molecule has 1 saturated carbocycles. The van der Waals surface area contributed by atoms with Gasteiger partial charge >= 0.3 is 0 Å². The number of aromatic amines is 1. The molecule has 2 aliphatic rings. The molecule has 5 rings (SSSR count). The number of benzene rings is 1. The zero-order chi connectivity index (χ0) is 20.6. The molecular formula is C21H25N7O2. The summed E-state index contributed by atoms with van der Waals surface area (Å²) in [6.07, 6.45) is 6.17. The summed E-state index contributed by atoms with van der Waals surface area (Å²) in [5, 5.41) is 12.6. The van der Waals surface area contributed by atoms with E-state index in [4.69, 9.17) is 0 Å². The molecule has 1 aromatic carbocycles. The number of nitrogens with one attached hydrogen (secondary N) is 1. The molecule has 2 aromatic heterocycles. The third-order valence-corrected chi connectivity index (χ3v) is 6.48. The third kappa shape index (κ3) is 3.14. The molecular weight excluding hydrogens is 382 g/mol. The van der Waals surface area contributed by atoms with Crippen molar-refractivity contribution in [3.8, 4) is 0 Å². The number of rotatable bonds is 3. The Balaban J connectivity index is 1.29. The van der Waals surface area contributed by atoms with Gasteiger partial charge in [-0.25, -0.2) is 4.68 Å². The van der Waals surface area contributed by atoms with Crippen LogP contribution >= 0.6 is 0 Å². The minimum atomic E-state index is -0.689. The smallest absolute Gasteiger partial charge is 0.270 e. The van der Waals surface area contributed by atoms with Crippen LogP contribution in [0.25, 0.3) is 10.9 Å². The quantitative estimate of drug-likeness (QED) is 0.714. The highest BCUT2D eigenvalue weighted by Crippen LogP contribution is 2.36. The fourth-order valence-electron chi connectivity index (χ4n) is 4.80. The Morgan fingerprint density at radius 1 is 0.967 bits per heavy atom. The Bertz CT molecular complexity index is 1010. The first-order valence-electron chi connectivity index (χ1n) is 10.6. The van der Waals surface area contributed by atoms with E-state index in [2.05, 4.69) is 20.5 Å². The minimum absolute atomic E-state index is 0.0221. The molecule has 1 saturated heterocycles. The van der Waals surface area contributed by atoms with Gasteiger partial charge in [0, 0.05) is 37.1 Å². The van der Waals surface area contributed by atoms with Crippen molar-refractivity contribution in [2.75, 3.05) is 26.2 Å². The van der Waals surface area contributed by atoms with E-state index in [-0.39, 0.29) is 11.8 Å². The van der Waals surface area contributed by atoms with E-state index in [1.165, 1.54) is 0 Å². The first-order valence-corrected chi connectivity index (χ1v) is 10.6. The standard InChI is InChI=1S/C21H25N7O2/c29-19(18-14-16-6-2-3-7-17(16)23-18)26-10-12-27(13-11-26)20(30)21(8-4-1-5-9-21)28-15-22-24-25-28/h2-3,6-7,14-15,23H,1,4-5,8-13H2. The molecule has 156 valence electrons. The van der Waals surface area contributed by atoms with Crippen molar-refractivity contribution in [1.82, 2.24) is 35.0 Å². The molecule has 2 fully saturated rings. The van der Waals surface area contributed by atoms with Gasteiger partial charge in [0.2, 0.25) is 0 Å². The SMILES string of the molecule is O=C(c1cc2ccccc2[nH]1)N1CCN(C(=O)C2(n3cnnn3)CCCCC2)CC1. The van der Waals surface area contributed by atoms with Gasteiger partial charge in [0.1, 0.15) is 17.6 Å². The average Bonchev–Trinajstić information content (AvgIpc) is 3.49. The molecule has 1 aliphatic heterocycles. The van der Waals surface area contributed by atoms with Crippen LogP contribution in [0, 0.1) is 0 Å². The van der Waals surface area contributed by atoms with Gasteiger partial charge in [0.15, 0.2) is 0 Å². The molecule has 30 heavy (non-hydrogen) atoms. The third-order valence-electron chi connectivity index (χ3n) is 6.48. The molecule has 0 bridgehead atoms. The van der Waals surface area contributed by atoms with Gasteiger partial charge in [-0.1, -0.05) is 37.5 Å². The molecule has 3 aromatic rings. The Kier molecular flexibility index (Phi) is 4.72. The summed E-state index contributed by atoms with van der Waals surface area (Å²) < 4.78 is 1.65. The number of fused-ring (bicyclic) bond motifs is 1. The van der Waals surface area contributed by atoms with Crippen LogP contribution in [-0.4, -0.2) is 73.0 Å². The van der Waals surface area contributed by atoms with E-state index in [0.29, 0.717) is 31.9 Å². The lowest BCUT2D eigenvalue weighted by Gasteiger charge is -2.42. The van der Waals surface area contributed by atoms with Gasteiger partial charge in [-0.2, -0.15) is 0 Å². The van der Waals surface area contributed by atoms with Crippen LogP contribution in [0.15, 0.2) is 36.7 Å². The lowest BCUT2D eigenvalue weighted by atomic mass is 9.80. The molecule has 2 amide bonds. The number of amides is 2. The first-order chi connectivity index (χ1) is 14.7. The van der Waals surface area contributed by atoms with Crippen LogP contribution in [0.4, 0.5) is 0 Å². The summed E-state index contributed by atoms with van der Waals surface area (Å²) >= 11 is 0. The molecule has 9 nitrogen and oxygen atoms in total. The maximum atomic E-state index is 13.5. The van der Waals surface area contributed by atoms with Gasteiger partial charge in [0.25, 0.3) is 11.8 Å². The largest absolute Gasteiger partial charge is 0.351 e. The van der Waals surface area contributed by atoms with E-state index >= 15 is 0 Å². The van der Waals surface area contributed by atoms with Crippen LogP contribution in [0.1, 0.15) is 42.6 Å². The average molecular weight is 407 g/mol. The van der Waals surface area contributed by atoms with Crippen LogP contribution in [0.5, 0.6) is 0 Å². The molecule has 0 radical (unpaired) electrons. The highest BCUT2D eigenvalue weighted by Gasteiger charge is 2.45. The Labute approximate surface area is 174 Å². The maximum absolute atomic E-state index is 13.5. The number of para-hydroxylation sites is 1. The van der Waals surface area contributed by atoms with Gasteiger partial charge in [-0.15, -0.1) is 5.10 Å². The van der Waals surface area contributed by atoms with E-state index in [1.807, 2.05) is 40.1 Å². The van der Waals surface area contributed by atoms with Crippen LogP contribution < -0.4 is 0 Å². The number of tetrazole rings is 1. The molecule has 0 unspecified atom stereocenters. The number of nitrogens with zero attached hydrogens (tertiary/aromatic N) is 6. The predicted molar refractivity (Wildman–Crippen MR) is 110 cm³/mol. The lowest BCUT2D eigenvalue weighted by Crippen LogP contribution is -2.58. The van der Waals surface area contributed by atoms with E-state index in [0.717, 1.165) is 43.0 Å². The number of H-pyrrole nitrogens is 1. The van der Waals surface area contributed by atoms with Crippen molar-refractivity contribution in [1.29, 1.82) is 0 Å². The number of carbonyl (C=O) groups excluding carboxylic acids is 2. The topological polar surface area (TPSA) is 100 Å².